The number of anilines is 1. The Morgan fingerprint density at radius 1 is 1.33 bits per heavy atom. The molecule has 0 saturated carbocycles. The molecule has 0 aliphatic heterocycles. The lowest BCUT2D eigenvalue weighted by Crippen LogP contribution is -2.24. The van der Waals surface area contributed by atoms with E-state index in [0.717, 1.165) is 0 Å². The summed E-state index contributed by atoms with van der Waals surface area (Å²) in [7, 11) is 0. The molecule has 0 saturated heterocycles. The number of nitrogens with zero attached hydrogens (tertiary/aromatic N) is 1. The summed E-state index contributed by atoms with van der Waals surface area (Å²) >= 11 is 0. The Kier molecular flexibility index (Phi) is 3.82. The van der Waals surface area contributed by atoms with E-state index >= 15 is 0 Å². The Labute approximate surface area is 86.6 Å². The maximum absolute atomic E-state index is 10.6. The monoisotopic (exact) mass is 209 g/mol. The summed E-state index contributed by atoms with van der Waals surface area (Å²) in [6.45, 7) is 0.0509. The highest BCUT2D eigenvalue weighted by atomic mass is 16.4. The fourth-order valence-electron chi connectivity index (χ4n) is 1.15. The van der Waals surface area contributed by atoms with Crippen LogP contribution in [0.15, 0.2) is 24.3 Å². The van der Waals surface area contributed by atoms with Gasteiger partial charge in [0.15, 0.2) is 0 Å². The van der Waals surface area contributed by atoms with Gasteiger partial charge in [0, 0.05) is 12.2 Å². The summed E-state index contributed by atoms with van der Waals surface area (Å²) in [6, 6.07) is 5.86. The topological polar surface area (TPSA) is 77.8 Å². The van der Waals surface area contributed by atoms with Gasteiger partial charge in [0.1, 0.15) is 0 Å². The zero-order chi connectivity index (χ0) is 11.3. The Morgan fingerprint density at radius 2 is 1.93 bits per heavy atom. The molecule has 1 aromatic rings. The van der Waals surface area contributed by atoms with Gasteiger partial charge in [0.2, 0.25) is 6.41 Å². The van der Waals surface area contributed by atoms with E-state index < -0.39 is 5.97 Å². The van der Waals surface area contributed by atoms with Crippen LogP contribution in [0.5, 0.6) is 0 Å². The summed E-state index contributed by atoms with van der Waals surface area (Å²) in [5.41, 5.74) is 0.720. The molecule has 0 unspecified atom stereocenters. The van der Waals surface area contributed by atoms with Gasteiger partial charge >= 0.3 is 5.97 Å². The van der Waals surface area contributed by atoms with Crippen LogP contribution in [0.1, 0.15) is 10.4 Å². The predicted molar refractivity (Wildman–Crippen MR) is 53.9 cm³/mol. The molecule has 0 fully saturated rings. The first-order valence-corrected chi connectivity index (χ1v) is 4.35. The molecule has 1 amide bonds. The molecule has 0 aromatic heterocycles. The van der Waals surface area contributed by atoms with Crippen molar-refractivity contribution in [3.63, 3.8) is 0 Å². The van der Waals surface area contributed by atoms with Gasteiger partial charge < -0.3 is 15.1 Å². The summed E-state index contributed by atoms with van der Waals surface area (Å²) in [5, 5.41) is 17.3. The number of hydrogen-bond acceptors (Lipinski definition) is 3. The van der Waals surface area contributed by atoms with Crippen LogP contribution in [0.25, 0.3) is 0 Å². The highest BCUT2D eigenvalue weighted by Gasteiger charge is 2.06. The second-order valence-corrected chi connectivity index (χ2v) is 2.87. The Balaban J connectivity index is 2.86. The standard InChI is InChI=1S/C10H11NO4/c12-6-5-11(7-13)9-3-1-8(2-4-9)10(14)15/h1-4,7,12H,5-6H2,(H,14,15). The van der Waals surface area contributed by atoms with E-state index in [9.17, 15) is 9.59 Å². The molecular weight excluding hydrogens is 198 g/mol. The lowest BCUT2D eigenvalue weighted by Gasteiger charge is -2.15. The van der Waals surface area contributed by atoms with Crippen molar-refractivity contribution in [1.82, 2.24) is 0 Å². The molecule has 0 radical (unpaired) electrons. The molecule has 0 bridgehead atoms. The number of rotatable bonds is 5. The van der Waals surface area contributed by atoms with Crippen molar-refractivity contribution in [2.24, 2.45) is 0 Å². The molecule has 0 spiro atoms. The van der Waals surface area contributed by atoms with E-state index in [4.69, 9.17) is 10.2 Å². The van der Waals surface area contributed by atoms with Crippen molar-refractivity contribution >= 4 is 18.1 Å². The number of carbonyl (C=O) groups is 2. The Bertz CT molecular complexity index is 347. The number of carboxylic acids is 1. The first-order valence-electron chi connectivity index (χ1n) is 4.35. The molecule has 2 N–H and O–H groups in total. The highest BCUT2D eigenvalue weighted by molar-refractivity contribution is 5.88. The van der Waals surface area contributed by atoms with Gasteiger partial charge in [-0.2, -0.15) is 0 Å². The van der Waals surface area contributed by atoms with E-state index in [1.807, 2.05) is 0 Å². The number of aliphatic hydroxyl groups excluding tert-OH is 1. The molecule has 0 aliphatic carbocycles. The van der Waals surface area contributed by atoms with Crippen LogP contribution < -0.4 is 4.90 Å². The quantitative estimate of drug-likeness (QED) is 0.685. The van der Waals surface area contributed by atoms with Crippen molar-refractivity contribution in [3.8, 4) is 0 Å². The largest absolute Gasteiger partial charge is 0.478 e. The van der Waals surface area contributed by atoms with Gasteiger partial charge in [-0.05, 0) is 24.3 Å². The average Bonchev–Trinajstić information content (AvgIpc) is 2.26. The SMILES string of the molecule is O=CN(CCO)c1ccc(C(=O)O)cc1. The van der Waals surface area contributed by atoms with Crippen molar-refractivity contribution < 1.29 is 19.8 Å². The number of aromatic carboxylic acids is 1. The Morgan fingerprint density at radius 3 is 2.33 bits per heavy atom. The van der Waals surface area contributed by atoms with E-state index in [0.29, 0.717) is 12.1 Å². The minimum absolute atomic E-state index is 0.139. The van der Waals surface area contributed by atoms with Gasteiger partial charge in [-0.3, -0.25) is 4.79 Å². The maximum Gasteiger partial charge on any atom is 0.335 e. The van der Waals surface area contributed by atoms with Crippen LogP contribution in [-0.4, -0.2) is 35.7 Å². The van der Waals surface area contributed by atoms with E-state index in [1.165, 1.54) is 29.2 Å². The number of benzene rings is 1. The molecule has 0 aliphatic rings. The third kappa shape index (κ3) is 2.78. The van der Waals surface area contributed by atoms with Crippen molar-refractivity contribution in [3.05, 3.63) is 29.8 Å². The fraction of sp³-hybridized carbons (Fsp3) is 0.200. The first-order chi connectivity index (χ1) is 7.19. The second-order valence-electron chi connectivity index (χ2n) is 2.87. The summed E-state index contributed by atoms with van der Waals surface area (Å²) < 4.78 is 0. The zero-order valence-electron chi connectivity index (χ0n) is 7.96. The Hall–Kier alpha value is -1.88. The fourth-order valence-corrected chi connectivity index (χ4v) is 1.15. The van der Waals surface area contributed by atoms with E-state index in [-0.39, 0.29) is 18.7 Å². The number of aliphatic hydroxyl groups is 1. The van der Waals surface area contributed by atoms with Crippen LogP contribution in [0, 0.1) is 0 Å². The van der Waals surface area contributed by atoms with Gasteiger partial charge in [-0.25, -0.2) is 4.79 Å². The van der Waals surface area contributed by atoms with Gasteiger partial charge in [-0.1, -0.05) is 0 Å². The second kappa shape index (κ2) is 5.11. The molecule has 5 nitrogen and oxygen atoms in total. The van der Waals surface area contributed by atoms with Crippen LogP contribution in [-0.2, 0) is 4.79 Å². The van der Waals surface area contributed by atoms with E-state index in [2.05, 4.69) is 0 Å². The molecule has 0 heterocycles. The van der Waals surface area contributed by atoms with Gasteiger partial charge in [0.05, 0.1) is 12.2 Å². The third-order valence-corrected chi connectivity index (χ3v) is 1.91. The lowest BCUT2D eigenvalue weighted by molar-refractivity contribution is -0.107. The van der Waals surface area contributed by atoms with Crippen molar-refractivity contribution in [2.45, 2.75) is 0 Å². The number of carbonyl (C=O) groups excluding carboxylic acids is 1. The maximum atomic E-state index is 10.6. The number of hydrogen-bond donors (Lipinski definition) is 2. The molecule has 15 heavy (non-hydrogen) atoms. The molecule has 1 aromatic carbocycles. The lowest BCUT2D eigenvalue weighted by atomic mass is 10.2. The minimum Gasteiger partial charge on any atom is -0.478 e. The summed E-state index contributed by atoms with van der Waals surface area (Å²) in [5.74, 6) is -1.01. The van der Waals surface area contributed by atoms with Crippen molar-refractivity contribution in [2.75, 3.05) is 18.1 Å². The molecule has 1 rings (SSSR count). The van der Waals surface area contributed by atoms with Crippen LogP contribution >= 0.6 is 0 Å². The third-order valence-electron chi connectivity index (χ3n) is 1.91. The van der Waals surface area contributed by atoms with E-state index in [1.54, 1.807) is 0 Å². The summed E-state index contributed by atoms with van der Waals surface area (Å²) in [6.07, 6.45) is 0.589. The van der Waals surface area contributed by atoms with Gasteiger partial charge in [0.25, 0.3) is 0 Å². The molecule has 5 heteroatoms. The summed E-state index contributed by atoms with van der Waals surface area (Å²) in [4.78, 5) is 22.5. The molecular formula is C10H11NO4. The predicted octanol–water partition coefficient (Wildman–Crippen LogP) is 0.340. The van der Waals surface area contributed by atoms with Crippen molar-refractivity contribution in [1.29, 1.82) is 0 Å². The van der Waals surface area contributed by atoms with Gasteiger partial charge in [-0.15, -0.1) is 0 Å². The molecule has 0 atom stereocenters. The van der Waals surface area contributed by atoms with Crippen LogP contribution in [0.3, 0.4) is 0 Å². The number of amides is 1. The minimum atomic E-state index is -1.01. The van der Waals surface area contributed by atoms with Crippen LogP contribution in [0.2, 0.25) is 0 Å². The normalized spacial score (nSPS) is 9.67. The smallest absolute Gasteiger partial charge is 0.335 e. The first kappa shape index (κ1) is 11.2. The average molecular weight is 209 g/mol. The highest BCUT2D eigenvalue weighted by Crippen LogP contribution is 2.13. The number of carboxylic acid groups (broad SMARTS) is 1. The van der Waals surface area contributed by atoms with Crippen LogP contribution in [0.4, 0.5) is 5.69 Å². The zero-order valence-corrected chi connectivity index (χ0v) is 7.96. The molecule has 80 valence electrons.